The monoisotopic (exact) mass is 383 g/mol. The van der Waals surface area contributed by atoms with Gasteiger partial charge in [0.25, 0.3) is 5.69 Å². The summed E-state index contributed by atoms with van der Waals surface area (Å²) < 4.78 is 33.3. The van der Waals surface area contributed by atoms with Gasteiger partial charge in [-0.25, -0.2) is 8.42 Å². The van der Waals surface area contributed by atoms with Gasteiger partial charge in [0.05, 0.1) is 22.0 Å². The van der Waals surface area contributed by atoms with E-state index in [2.05, 4.69) is 4.90 Å². The Bertz CT molecular complexity index is 742. The summed E-state index contributed by atoms with van der Waals surface area (Å²) in [5, 5.41) is 10.8. The maximum absolute atomic E-state index is 13.0. The number of nitro benzene ring substituents is 1. The van der Waals surface area contributed by atoms with Crippen LogP contribution in [0.25, 0.3) is 0 Å². The van der Waals surface area contributed by atoms with Gasteiger partial charge < -0.3 is 4.74 Å². The Kier molecular flexibility index (Phi) is 5.61. The lowest BCUT2D eigenvalue weighted by molar-refractivity contribution is -0.384. The van der Waals surface area contributed by atoms with Crippen LogP contribution in [0.15, 0.2) is 29.2 Å². The summed E-state index contributed by atoms with van der Waals surface area (Å²) in [6.45, 7) is 6.83. The predicted octanol–water partition coefficient (Wildman–Crippen LogP) is 1.86. The number of non-ortho nitro benzene ring substituents is 1. The molecule has 3 rings (SSSR count). The zero-order chi connectivity index (χ0) is 18.9. The molecular formula is C17H25N3O5S. The molecule has 2 saturated heterocycles. The summed E-state index contributed by atoms with van der Waals surface area (Å²) in [6, 6.07) is 5.04. The third-order valence-electron chi connectivity index (χ3n) is 4.94. The van der Waals surface area contributed by atoms with E-state index < -0.39 is 14.9 Å². The van der Waals surface area contributed by atoms with Crippen molar-refractivity contribution in [1.29, 1.82) is 0 Å². The van der Waals surface area contributed by atoms with Crippen LogP contribution in [-0.4, -0.2) is 67.0 Å². The molecule has 1 aromatic rings. The Morgan fingerprint density at radius 3 is 2.38 bits per heavy atom. The molecule has 2 aliphatic heterocycles. The minimum atomic E-state index is -3.66. The van der Waals surface area contributed by atoms with E-state index in [4.69, 9.17) is 4.74 Å². The molecule has 3 atom stereocenters. The van der Waals surface area contributed by atoms with E-state index in [1.165, 1.54) is 24.3 Å². The highest BCUT2D eigenvalue weighted by Crippen LogP contribution is 2.28. The second-order valence-corrected chi connectivity index (χ2v) is 9.03. The van der Waals surface area contributed by atoms with E-state index in [0.29, 0.717) is 13.1 Å². The van der Waals surface area contributed by atoms with Crippen molar-refractivity contribution in [3.8, 4) is 0 Å². The van der Waals surface area contributed by atoms with E-state index in [1.807, 2.05) is 13.8 Å². The smallest absolute Gasteiger partial charge is 0.269 e. The number of ether oxygens (including phenoxy) is 1. The first-order valence-corrected chi connectivity index (χ1v) is 10.4. The minimum Gasteiger partial charge on any atom is -0.373 e. The zero-order valence-electron chi connectivity index (χ0n) is 15.1. The molecule has 2 heterocycles. The molecule has 26 heavy (non-hydrogen) atoms. The molecule has 0 saturated carbocycles. The Balaban J connectivity index is 1.74. The van der Waals surface area contributed by atoms with Gasteiger partial charge >= 0.3 is 0 Å². The van der Waals surface area contributed by atoms with Crippen LogP contribution >= 0.6 is 0 Å². The van der Waals surface area contributed by atoms with Crippen LogP contribution < -0.4 is 0 Å². The molecule has 0 aliphatic carbocycles. The lowest BCUT2D eigenvalue weighted by Crippen LogP contribution is -2.50. The molecule has 0 aromatic heterocycles. The number of hydrogen-bond acceptors (Lipinski definition) is 6. The Morgan fingerprint density at radius 1 is 1.19 bits per heavy atom. The van der Waals surface area contributed by atoms with Crippen LogP contribution in [0.1, 0.15) is 26.7 Å². The second-order valence-electron chi connectivity index (χ2n) is 7.14. The summed E-state index contributed by atoms with van der Waals surface area (Å²) in [4.78, 5) is 12.6. The van der Waals surface area contributed by atoms with Gasteiger partial charge in [-0.05, 0) is 38.8 Å². The number of benzene rings is 1. The van der Waals surface area contributed by atoms with E-state index in [0.717, 1.165) is 25.9 Å². The number of hydrogen-bond donors (Lipinski definition) is 0. The van der Waals surface area contributed by atoms with Crippen molar-refractivity contribution in [2.45, 2.75) is 49.8 Å². The van der Waals surface area contributed by atoms with Gasteiger partial charge in [0.1, 0.15) is 0 Å². The second kappa shape index (κ2) is 7.59. The van der Waals surface area contributed by atoms with Crippen LogP contribution in [0.3, 0.4) is 0 Å². The zero-order valence-corrected chi connectivity index (χ0v) is 15.9. The summed E-state index contributed by atoms with van der Waals surface area (Å²) in [6.07, 6.45) is 1.93. The van der Waals surface area contributed by atoms with Crippen molar-refractivity contribution in [2.75, 3.05) is 26.2 Å². The molecule has 8 nitrogen and oxygen atoms in total. The van der Waals surface area contributed by atoms with Gasteiger partial charge in [0, 0.05) is 44.4 Å². The van der Waals surface area contributed by atoms with Gasteiger partial charge in [-0.3, -0.25) is 15.0 Å². The first kappa shape index (κ1) is 19.2. The molecule has 1 aromatic carbocycles. The summed E-state index contributed by atoms with van der Waals surface area (Å²) >= 11 is 0. The Labute approximate surface area is 153 Å². The van der Waals surface area contributed by atoms with E-state index in [9.17, 15) is 18.5 Å². The Hall–Kier alpha value is -1.55. The molecule has 0 radical (unpaired) electrons. The minimum absolute atomic E-state index is 0.0762. The predicted molar refractivity (Wildman–Crippen MR) is 96.5 cm³/mol. The quantitative estimate of drug-likeness (QED) is 0.569. The fourth-order valence-electron chi connectivity index (χ4n) is 3.91. The van der Waals surface area contributed by atoms with Crippen LogP contribution in [0.2, 0.25) is 0 Å². The van der Waals surface area contributed by atoms with Gasteiger partial charge in [0.15, 0.2) is 0 Å². The van der Waals surface area contributed by atoms with Crippen molar-refractivity contribution in [2.24, 2.45) is 0 Å². The van der Waals surface area contributed by atoms with Crippen LogP contribution in [0, 0.1) is 10.1 Å². The average molecular weight is 383 g/mol. The van der Waals surface area contributed by atoms with E-state index in [-0.39, 0.29) is 28.8 Å². The van der Waals surface area contributed by atoms with Gasteiger partial charge in [0.2, 0.25) is 10.0 Å². The van der Waals surface area contributed by atoms with Crippen molar-refractivity contribution in [3.05, 3.63) is 34.4 Å². The number of nitro groups is 1. The van der Waals surface area contributed by atoms with Crippen LogP contribution in [-0.2, 0) is 14.8 Å². The number of rotatable bonds is 5. The summed E-state index contributed by atoms with van der Waals surface area (Å²) in [7, 11) is -3.66. The third kappa shape index (κ3) is 4.06. The van der Waals surface area contributed by atoms with Crippen molar-refractivity contribution in [1.82, 2.24) is 9.21 Å². The molecule has 9 heteroatoms. The maximum Gasteiger partial charge on any atom is 0.269 e. The maximum atomic E-state index is 13.0. The fraction of sp³-hybridized carbons (Fsp3) is 0.647. The van der Waals surface area contributed by atoms with Gasteiger partial charge in [-0.1, -0.05) is 0 Å². The summed E-state index contributed by atoms with van der Waals surface area (Å²) in [5.41, 5.74) is -0.113. The van der Waals surface area contributed by atoms with Crippen molar-refractivity contribution >= 4 is 15.7 Å². The molecular weight excluding hydrogens is 358 g/mol. The molecule has 2 aliphatic rings. The first-order valence-electron chi connectivity index (χ1n) is 8.91. The lowest BCUT2D eigenvalue weighted by Gasteiger charge is -2.38. The molecule has 0 spiro atoms. The van der Waals surface area contributed by atoms with Crippen molar-refractivity contribution < 1.29 is 18.1 Å². The number of nitrogens with zero attached hydrogens (tertiary/aromatic N) is 3. The number of sulfonamides is 1. The molecule has 3 unspecified atom stereocenters. The normalized spacial score (nSPS) is 28.3. The van der Waals surface area contributed by atoms with Gasteiger partial charge in [-0.15, -0.1) is 0 Å². The van der Waals surface area contributed by atoms with Crippen LogP contribution in [0.4, 0.5) is 5.69 Å². The fourth-order valence-corrected chi connectivity index (χ4v) is 5.60. The molecule has 144 valence electrons. The average Bonchev–Trinajstić information content (AvgIpc) is 3.03. The Morgan fingerprint density at radius 2 is 1.81 bits per heavy atom. The largest absolute Gasteiger partial charge is 0.373 e. The topological polar surface area (TPSA) is 93.0 Å². The van der Waals surface area contributed by atoms with Gasteiger partial charge in [-0.2, -0.15) is 4.31 Å². The SMILES string of the molecule is CC1CN(CC2CCCN2S(=O)(=O)c2ccc([N+](=O)[O-])cc2)CC(C)O1. The first-order chi connectivity index (χ1) is 12.3. The highest BCUT2D eigenvalue weighted by atomic mass is 32.2. The highest BCUT2D eigenvalue weighted by molar-refractivity contribution is 7.89. The van der Waals surface area contributed by atoms with E-state index in [1.54, 1.807) is 4.31 Å². The molecule has 2 fully saturated rings. The van der Waals surface area contributed by atoms with E-state index >= 15 is 0 Å². The summed E-state index contributed by atoms with van der Waals surface area (Å²) in [5.74, 6) is 0. The number of morpholine rings is 1. The third-order valence-corrected chi connectivity index (χ3v) is 6.91. The standard InChI is InChI=1S/C17H25N3O5S/c1-13-10-18(11-14(2)25-13)12-16-4-3-9-19(16)26(23,24)17-7-5-15(6-8-17)20(21)22/h5-8,13-14,16H,3-4,9-12H2,1-2H3. The highest BCUT2D eigenvalue weighted by Gasteiger charge is 2.37. The molecule has 0 N–H and O–H groups in total. The molecule has 0 bridgehead atoms. The van der Waals surface area contributed by atoms with Crippen molar-refractivity contribution in [3.63, 3.8) is 0 Å². The lowest BCUT2D eigenvalue weighted by atomic mass is 10.1. The molecule has 0 amide bonds. The van der Waals surface area contributed by atoms with Crippen LogP contribution in [0.5, 0.6) is 0 Å².